The van der Waals surface area contributed by atoms with E-state index >= 15 is 0 Å². The van der Waals surface area contributed by atoms with Crippen LogP contribution in [0.5, 0.6) is 0 Å². The highest BCUT2D eigenvalue weighted by molar-refractivity contribution is 8.00. The fourth-order valence-corrected chi connectivity index (χ4v) is 1.99. The Hall–Kier alpha value is -0.790. The number of carbonyl (C=O) groups excluding carboxylic acids is 1. The van der Waals surface area contributed by atoms with Gasteiger partial charge in [-0.15, -0.1) is 23.1 Å². The van der Waals surface area contributed by atoms with Crippen molar-refractivity contribution in [3.8, 4) is 6.07 Å². The first-order valence-electron chi connectivity index (χ1n) is 3.36. The maximum Gasteiger partial charge on any atom is 0.182 e. The van der Waals surface area contributed by atoms with Crippen LogP contribution in [-0.2, 0) is 0 Å². The summed E-state index contributed by atoms with van der Waals surface area (Å²) in [6.45, 7) is 0. The topological polar surface area (TPSA) is 40.9 Å². The number of nitrogens with zero attached hydrogens (tertiary/aromatic N) is 1. The van der Waals surface area contributed by atoms with Crippen LogP contribution in [0.3, 0.4) is 0 Å². The molecule has 0 saturated heterocycles. The van der Waals surface area contributed by atoms with Gasteiger partial charge in [-0.2, -0.15) is 5.26 Å². The van der Waals surface area contributed by atoms with Crippen LogP contribution in [0.2, 0.25) is 0 Å². The van der Waals surface area contributed by atoms with Gasteiger partial charge in [0.05, 0.1) is 22.5 Å². The average Bonchev–Trinajstić information content (AvgIpc) is 2.56. The van der Waals surface area contributed by atoms with Crippen molar-refractivity contribution in [2.75, 3.05) is 11.5 Å². The third kappa shape index (κ3) is 2.68. The molecule has 0 aliphatic heterocycles. The molecule has 1 heterocycles. The molecule has 0 unspecified atom stereocenters. The van der Waals surface area contributed by atoms with Crippen molar-refractivity contribution in [3.05, 3.63) is 22.4 Å². The lowest BCUT2D eigenvalue weighted by Crippen LogP contribution is -1.99. The van der Waals surface area contributed by atoms with Gasteiger partial charge in [0.25, 0.3) is 0 Å². The van der Waals surface area contributed by atoms with E-state index in [1.807, 2.05) is 17.5 Å². The third-order valence-electron chi connectivity index (χ3n) is 1.20. The van der Waals surface area contributed by atoms with E-state index in [0.717, 1.165) is 4.88 Å². The van der Waals surface area contributed by atoms with Crippen LogP contribution in [0.4, 0.5) is 0 Å². The second-order valence-corrected chi connectivity index (χ2v) is 3.98. The summed E-state index contributed by atoms with van der Waals surface area (Å²) in [5.74, 6) is 0.913. The van der Waals surface area contributed by atoms with Gasteiger partial charge < -0.3 is 0 Å². The van der Waals surface area contributed by atoms with E-state index in [1.165, 1.54) is 23.1 Å². The quantitative estimate of drug-likeness (QED) is 0.548. The predicted molar refractivity (Wildman–Crippen MR) is 51.6 cm³/mol. The average molecular weight is 197 g/mol. The minimum absolute atomic E-state index is 0.116. The summed E-state index contributed by atoms with van der Waals surface area (Å²) in [5.41, 5.74) is 0. The van der Waals surface area contributed by atoms with Gasteiger partial charge in [0.2, 0.25) is 0 Å². The molecule has 0 amide bonds. The zero-order valence-electron chi connectivity index (χ0n) is 6.32. The molecular weight excluding hydrogens is 190 g/mol. The lowest BCUT2D eigenvalue weighted by molar-refractivity contribution is 0.102. The SMILES string of the molecule is N#CCSCC(=O)c1cccs1. The largest absolute Gasteiger partial charge is 0.292 e. The van der Waals surface area contributed by atoms with E-state index in [2.05, 4.69) is 0 Å². The molecule has 62 valence electrons. The van der Waals surface area contributed by atoms with Gasteiger partial charge in [-0.25, -0.2) is 0 Å². The molecule has 0 spiro atoms. The lowest BCUT2D eigenvalue weighted by atomic mass is 10.4. The van der Waals surface area contributed by atoms with E-state index in [-0.39, 0.29) is 5.78 Å². The summed E-state index contributed by atoms with van der Waals surface area (Å²) in [7, 11) is 0. The third-order valence-corrected chi connectivity index (χ3v) is 2.91. The molecule has 12 heavy (non-hydrogen) atoms. The molecule has 0 aromatic carbocycles. The van der Waals surface area contributed by atoms with Crippen molar-refractivity contribution in [1.29, 1.82) is 5.26 Å². The van der Waals surface area contributed by atoms with Crippen LogP contribution in [0.1, 0.15) is 9.67 Å². The number of rotatable bonds is 4. The number of thioether (sulfide) groups is 1. The Morgan fingerprint density at radius 3 is 3.17 bits per heavy atom. The summed E-state index contributed by atoms with van der Waals surface area (Å²) in [6.07, 6.45) is 0. The van der Waals surface area contributed by atoms with Gasteiger partial charge in [0.15, 0.2) is 5.78 Å². The predicted octanol–water partition coefficient (Wildman–Crippen LogP) is 2.19. The fraction of sp³-hybridized carbons (Fsp3) is 0.250. The fourth-order valence-electron chi connectivity index (χ4n) is 0.698. The Kier molecular flexibility index (Phi) is 3.85. The molecular formula is C8H7NOS2. The Labute approximate surface area is 79.2 Å². The number of Topliss-reactive ketones (excluding diaryl/α,β-unsaturated/α-hetero) is 1. The molecule has 2 nitrogen and oxygen atoms in total. The number of thiophene rings is 1. The Bertz CT molecular complexity index is 287. The van der Waals surface area contributed by atoms with E-state index in [4.69, 9.17) is 5.26 Å². The second-order valence-electron chi connectivity index (χ2n) is 2.05. The van der Waals surface area contributed by atoms with Gasteiger partial charge in [-0.05, 0) is 11.4 Å². The van der Waals surface area contributed by atoms with Crippen molar-refractivity contribution in [2.24, 2.45) is 0 Å². The molecule has 0 fully saturated rings. The highest BCUT2D eigenvalue weighted by Crippen LogP contribution is 2.12. The first kappa shape index (κ1) is 9.30. The molecule has 1 aromatic heterocycles. The van der Waals surface area contributed by atoms with Crippen LogP contribution in [0.25, 0.3) is 0 Å². The number of nitriles is 1. The van der Waals surface area contributed by atoms with E-state index < -0.39 is 0 Å². The molecule has 0 aliphatic rings. The summed E-state index contributed by atoms with van der Waals surface area (Å²) in [5, 5.41) is 10.1. The zero-order chi connectivity index (χ0) is 8.81. The van der Waals surface area contributed by atoms with Crippen LogP contribution < -0.4 is 0 Å². The zero-order valence-corrected chi connectivity index (χ0v) is 7.95. The Balaban J connectivity index is 2.36. The van der Waals surface area contributed by atoms with Crippen molar-refractivity contribution >= 4 is 28.9 Å². The van der Waals surface area contributed by atoms with Gasteiger partial charge in [-0.1, -0.05) is 6.07 Å². The maximum absolute atomic E-state index is 11.3. The molecule has 0 N–H and O–H groups in total. The number of hydrogen-bond donors (Lipinski definition) is 0. The highest BCUT2D eigenvalue weighted by Gasteiger charge is 2.05. The van der Waals surface area contributed by atoms with Crippen molar-refractivity contribution < 1.29 is 4.79 Å². The monoisotopic (exact) mass is 197 g/mol. The molecule has 0 bridgehead atoms. The standard InChI is InChI=1S/C8H7NOS2/c9-3-5-11-6-7(10)8-2-1-4-12-8/h1-2,4H,5-6H2. The van der Waals surface area contributed by atoms with Crippen molar-refractivity contribution in [1.82, 2.24) is 0 Å². The van der Waals surface area contributed by atoms with Crippen LogP contribution in [0, 0.1) is 11.3 Å². The highest BCUT2D eigenvalue weighted by atomic mass is 32.2. The Morgan fingerprint density at radius 2 is 2.58 bits per heavy atom. The minimum atomic E-state index is 0.116. The maximum atomic E-state index is 11.3. The van der Waals surface area contributed by atoms with Crippen LogP contribution in [0.15, 0.2) is 17.5 Å². The summed E-state index contributed by atoms with van der Waals surface area (Å²) < 4.78 is 0. The van der Waals surface area contributed by atoms with Crippen molar-refractivity contribution in [3.63, 3.8) is 0 Å². The van der Waals surface area contributed by atoms with Gasteiger partial charge in [0.1, 0.15) is 0 Å². The molecule has 1 aromatic rings. The molecule has 0 radical (unpaired) electrons. The molecule has 0 aliphatic carbocycles. The van der Waals surface area contributed by atoms with Gasteiger partial charge in [0, 0.05) is 0 Å². The van der Waals surface area contributed by atoms with Crippen LogP contribution in [-0.4, -0.2) is 17.3 Å². The smallest absolute Gasteiger partial charge is 0.182 e. The summed E-state index contributed by atoms with van der Waals surface area (Å²) in [6, 6.07) is 5.64. The first-order valence-corrected chi connectivity index (χ1v) is 5.39. The summed E-state index contributed by atoms with van der Waals surface area (Å²) >= 11 is 2.80. The normalized spacial score (nSPS) is 9.25. The minimum Gasteiger partial charge on any atom is -0.292 e. The van der Waals surface area contributed by atoms with Crippen molar-refractivity contribution in [2.45, 2.75) is 0 Å². The van der Waals surface area contributed by atoms with Gasteiger partial charge in [-0.3, -0.25) is 4.79 Å². The number of carbonyl (C=O) groups is 1. The lowest BCUT2D eigenvalue weighted by Gasteiger charge is -1.92. The number of hydrogen-bond acceptors (Lipinski definition) is 4. The molecule has 1 rings (SSSR count). The van der Waals surface area contributed by atoms with E-state index in [9.17, 15) is 4.79 Å². The molecule has 4 heteroatoms. The first-order chi connectivity index (χ1) is 5.84. The molecule has 0 atom stereocenters. The van der Waals surface area contributed by atoms with E-state index in [1.54, 1.807) is 6.07 Å². The number of ketones is 1. The van der Waals surface area contributed by atoms with Gasteiger partial charge >= 0.3 is 0 Å². The van der Waals surface area contributed by atoms with Crippen LogP contribution >= 0.6 is 23.1 Å². The second kappa shape index (κ2) is 4.96. The Morgan fingerprint density at radius 1 is 1.75 bits per heavy atom. The van der Waals surface area contributed by atoms with E-state index in [0.29, 0.717) is 11.5 Å². The molecule has 0 saturated carbocycles. The summed E-state index contributed by atoms with van der Waals surface area (Å²) in [4.78, 5) is 12.0.